The summed E-state index contributed by atoms with van der Waals surface area (Å²) in [6.45, 7) is 4.24. The van der Waals surface area contributed by atoms with E-state index in [0.29, 0.717) is 58.0 Å². The first-order valence-corrected chi connectivity index (χ1v) is 21.7. The topological polar surface area (TPSA) is 186 Å². The van der Waals surface area contributed by atoms with Crippen molar-refractivity contribution in [3.05, 3.63) is 89.5 Å². The number of benzene rings is 2. The Morgan fingerprint density at radius 1 is 0.934 bits per heavy atom. The number of cyclic esters (lactones) is 2. The highest BCUT2D eigenvalue weighted by Crippen LogP contribution is 2.46. The van der Waals surface area contributed by atoms with E-state index in [0.717, 1.165) is 30.4 Å². The minimum Gasteiger partial charge on any atom is -0.503 e. The molecule has 10 atom stereocenters. The summed E-state index contributed by atoms with van der Waals surface area (Å²) in [6, 6.07) is 15.6. The van der Waals surface area contributed by atoms with Crippen molar-refractivity contribution in [3.8, 4) is 11.5 Å². The second kappa shape index (κ2) is 21.6. The van der Waals surface area contributed by atoms with Crippen LogP contribution >= 0.6 is 0 Å². The van der Waals surface area contributed by atoms with Crippen LogP contribution in [0.3, 0.4) is 0 Å². The molecule has 13 nitrogen and oxygen atoms in total. The van der Waals surface area contributed by atoms with Crippen molar-refractivity contribution in [3.63, 3.8) is 0 Å². The largest absolute Gasteiger partial charge is 0.503 e. The number of nitrogens with zero attached hydrogens (tertiary/aromatic N) is 1. The van der Waals surface area contributed by atoms with Crippen molar-refractivity contribution >= 4 is 23.8 Å². The minimum atomic E-state index is -1.03. The van der Waals surface area contributed by atoms with E-state index in [1.54, 1.807) is 19.1 Å². The Morgan fingerprint density at radius 3 is 2.41 bits per heavy atom. The average Bonchev–Trinajstić information content (AvgIpc) is 4.02. The van der Waals surface area contributed by atoms with Gasteiger partial charge in [0.2, 0.25) is 0 Å². The van der Waals surface area contributed by atoms with Gasteiger partial charge >= 0.3 is 17.9 Å². The van der Waals surface area contributed by atoms with E-state index in [1.807, 2.05) is 30.3 Å². The van der Waals surface area contributed by atoms with Gasteiger partial charge in [0, 0.05) is 24.1 Å². The van der Waals surface area contributed by atoms with Gasteiger partial charge in [-0.25, -0.2) is 14.2 Å². The van der Waals surface area contributed by atoms with Gasteiger partial charge in [-0.2, -0.15) is 0 Å². The third-order valence-electron chi connectivity index (χ3n) is 12.4. The Hall–Kier alpha value is -5.08. The van der Waals surface area contributed by atoms with Gasteiger partial charge in [0.25, 0.3) is 5.91 Å². The summed E-state index contributed by atoms with van der Waals surface area (Å²) in [6.07, 6.45) is 5.82. The Morgan fingerprint density at radius 2 is 1.67 bits per heavy atom. The molecule has 3 aliphatic rings. The highest BCUT2D eigenvalue weighted by Gasteiger charge is 2.49. The zero-order valence-electron chi connectivity index (χ0n) is 35.3. The molecular weight excluding hydrogens is 786 g/mol. The Kier molecular flexibility index (Phi) is 16.1. The van der Waals surface area contributed by atoms with Crippen LogP contribution < -0.4 is 15.8 Å². The van der Waals surface area contributed by atoms with Crippen LogP contribution in [-0.4, -0.2) is 77.5 Å². The van der Waals surface area contributed by atoms with Crippen LogP contribution in [-0.2, 0) is 46.4 Å². The minimum absolute atomic E-state index is 0.0718. The number of aromatic nitrogens is 1. The zero-order chi connectivity index (χ0) is 43.5. The second-order valence-electron chi connectivity index (χ2n) is 16.8. The van der Waals surface area contributed by atoms with Crippen molar-refractivity contribution in [2.75, 3.05) is 7.11 Å². The van der Waals surface area contributed by atoms with E-state index in [4.69, 9.17) is 29.4 Å². The lowest BCUT2D eigenvalue weighted by Gasteiger charge is -2.33. The maximum atomic E-state index is 14.1. The molecule has 1 saturated carbocycles. The number of carbonyl (C=O) groups is 4. The first-order valence-electron chi connectivity index (χ1n) is 21.7. The van der Waals surface area contributed by atoms with Crippen LogP contribution in [0.15, 0.2) is 66.9 Å². The van der Waals surface area contributed by atoms with Gasteiger partial charge in [0.05, 0.1) is 25.7 Å². The third-order valence-corrected chi connectivity index (χ3v) is 12.4. The molecule has 14 heteroatoms. The lowest BCUT2D eigenvalue weighted by Crippen LogP contribution is -2.44. The molecule has 1 amide bonds. The number of aromatic hydroxyl groups is 1. The van der Waals surface area contributed by atoms with E-state index >= 15 is 0 Å². The second-order valence-corrected chi connectivity index (χ2v) is 16.8. The maximum absolute atomic E-state index is 14.1. The molecule has 2 saturated heterocycles. The number of nitrogens with one attached hydrogen (secondary N) is 1. The molecule has 2 aromatic carbocycles. The predicted molar refractivity (Wildman–Crippen MR) is 223 cm³/mol. The Balaban J connectivity index is 1.21. The van der Waals surface area contributed by atoms with Crippen molar-refractivity contribution in [1.82, 2.24) is 10.3 Å². The van der Waals surface area contributed by atoms with E-state index in [2.05, 4.69) is 17.2 Å². The summed E-state index contributed by atoms with van der Waals surface area (Å²) in [5.41, 5.74) is 7.67. The van der Waals surface area contributed by atoms with E-state index < -0.39 is 65.8 Å². The lowest BCUT2D eigenvalue weighted by atomic mass is 9.85. The quantitative estimate of drug-likeness (QED) is 0.108. The number of rotatable bonds is 15. The fraction of sp³-hybridized carbons (Fsp3) is 0.553. The molecule has 1 aromatic heterocycles. The Bertz CT molecular complexity index is 1930. The number of nitrogens with two attached hydrogens (primary N) is 1. The van der Waals surface area contributed by atoms with Crippen molar-refractivity contribution in [2.24, 2.45) is 29.4 Å². The molecule has 2 aliphatic heterocycles. The van der Waals surface area contributed by atoms with Gasteiger partial charge < -0.3 is 39.8 Å². The van der Waals surface area contributed by atoms with E-state index in [9.17, 15) is 28.7 Å². The number of carbonyl (C=O) groups excluding carboxylic acids is 4. The fourth-order valence-electron chi connectivity index (χ4n) is 8.76. The van der Waals surface area contributed by atoms with Gasteiger partial charge in [-0.3, -0.25) is 14.4 Å². The zero-order valence-corrected chi connectivity index (χ0v) is 35.3. The van der Waals surface area contributed by atoms with E-state index in [1.165, 1.54) is 31.5 Å². The summed E-state index contributed by atoms with van der Waals surface area (Å²) in [7, 11) is 1.36. The van der Waals surface area contributed by atoms with Gasteiger partial charge in [-0.05, 0) is 100 Å². The average molecular weight is 846 g/mol. The van der Waals surface area contributed by atoms with Crippen LogP contribution in [0.2, 0.25) is 0 Å². The molecule has 61 heavy (non-hydrogen) atoms. The molecule has 0 bridgehead atoms. The number of hydrogen-bond donors (Lipinski definition) is 3. The molecule has 0 spiro atoms. The molecule has 10 unspecified atom stereocenters. The number of hydrogen-bond acceptors (Lipinski definition) is 12. The number of amides is 1. The van der Waals surface area contributed by atoms with Crippen LogP contribution in [0.4, 0.5) is 4.39 Å². The molecular formula is C47H60FN3O10. The maximum Gasteiger partial charge on any atom is 0.328 e. The number of pyridine rings is 1. The molecule has 0 radical (unpaired) electrons. The highest BCUT2D eigenvalue weighted by atomic mass is 19.1. The highest BCUT2D eigenvalue weighted by molar-refractivity contribution is 5.98. The van der Waals surface area contributed by atoms with Gasteiger partial charge in [0.1, 0.15) is 36.2 Å². The molecule has 3 heterocycles. The first-order chi connectivity index (χ1) is 29.4. The fourth-order valence-corrected chi connectivity index (χ4v) is 8.76. The van der Waals surface area contributed by atoms with Crippen molar-refractivity contribution in [1.29, 1.82) is 0 Å². The van der Waals surface area contributed by atoms with E-state index in [-0.39, 0.29) is 47.6 Å². The number of ether oxygens (including phenoxy) is 5. The van der Waals surface area contributed by atoms with Crippen LogP contribution in [0.5, 0.6) is 11.5 Å². The summed E-state index contributed by atoms with van der Waals surface area (Å²) in [5.74, 6) is -4.15. The number of methoxy groups -OCH3 is 1. The van der Waals surface area contributed by atoms with Crippen LogP contribution in [0, 0.1) is 29.5 Å². The van der Waals surface area contributed by atoms with Gasteiger partial charge in [-0.15, -0.1) is 0 Å². The Labute approximate surface area is 357 Å². The normalized spacial score (nSPS) is 28.3. The molecule has 4 N–H and O–H groups in total. The number of halogens is 1. The molecule has 6 rings (SSSR count). The third kappa shape index (κ3) is 12.3. The number of esters is 3. The summed E-state index contributed by atoms with van der Waals surface area (Å²) in [4.78, 5) is 58.4. The van der Waals surface area contributed by atoms with Gasteiger partial charge in [0.15, 0.2) is 17.2 Å². The summed E-state index contributed by atoms with van der Waals surface area (Å²) >= 11 is 0. The monoisotopic (exact) mass is 845 g/mol. The summed E-state index contributed by atoms with van der Waals surface area (Å²) < 4.78 is 44.2. The number of unbranched alkanes of at least 4 members (excludes halogenated alkanes) is 1. The molecule has 3 fully saturated rings. The first kappa shape index (κ1) is 45.4. The standard InChI is InChI=1S/C47H60FN3O10/c1-4-5-13-33-38(58-27-30-11-7-6-8-12-30)16-10-15-37(51-44(53)42-43(52)40(57-3)22-23-50-42)47(56)61-41(33)26-31-25-35(31)45(54)60-39-17-9-14-36(49)46(55)59-28(2)34(39)24-29-18-20-32(48)21-19-29/h6-8,11-12,18-23,28,31,33-39,41,52H,4-5,9-10,13-17,24-27,49H2,1-3H3,(H,51,53). The molecule has 330 valence electrons. The lowest BCUT2D eigenvalue weighted by molar-refractivity contribution is -0.162. The molecule has 1 aliphatic carbocycles. The van der Waals surface area contributed by atoms with Crippen LogP contribution in [0.1, 0.15) is 106 Å². The smallest absolute Gasteiger partial charge is 0.328 e. The molecule has 3 aromatic rings. The van der Waals surface area contributed by atoms with Crippen molar-refractivity contribution in [2.45, 2.75) is 134 Å². The SMILES string of the molecule is CCCCC1C(OCc2ccccc2)CCCC(NC(=O)c2nccc(OC)c2O)C(=O)OC1CC1CC1C(=O)OC1CCCC(N)C(=O)OC(C)C1Cc1ccc(F)cc1. The van der Waals surface area contributed by atoms with Crippen molar-refractivity contribution < 1.29 is 52.4 Å². The van der Waals surface area contributed by atoms with Gasteiger partial charge in [-0.1, -0.05) is 62.2 Å². The van der Waals surface area contributed by atoms with Crippen LogP contribution in [0.25, 0.3) is 0 Å². The predicted octanol–water partition coefficient (Wildman–Crippen LogP) is 6.76. The summed E-state index contributed by atoms with van der Waals surface area (Å²) in [5, 5.41) is 13.4.